The fraction of sp³-hybridized carbons (Fsp3) is 0.667. The lowest BCUT2D eigenvalue weighted by atomic mass is 10.2. The Bertz CT molecular complexity index is 246. The van der Waals surface area contributed by atoms with Crippen molar-refractivity contribution in [3.63, 3.8) is 0 Å². The monoisotopic (exact) mass is 187 g/mol. The normalized spacial score (nSPS) is 10.9. The zero-order valence-electron chi connectivity index (χ0n) is 7.26. The summed E-state index contributed by atoms with van der Waals surface area (Å²) in [5, 5.41) is 3.09. The number of methoxy groups -OCH3 is 2. The second-order valence-corrected chi connectivity index (χ2v) is 2.02. The maximum atomic E-state index is 10.9. The standard InChI is InChI=1S/C6H9N3O4/c1-12-5(10)3-4(8-9-7)6(11)13-2/h4H,3H2,1-2H3/t4-/m0/s1. The zero-order valence-corrected chi connectivity index (χ0v) is 7.26. The predicted octanol–water partition coefficient (Wildman–Crippen LogP) is 0.401. The van der Waals surface area contributed by atoms with Crippen LogP contribution in [0.3, 0.4) is 0 Å². The van der Waals surface area contributed by atoms with E-state index in [1.165, 1.54) is 7.11 Å². The topological polar surface area (TPSA) is 101 Å². The van der Waals surface area contributed by atoms with Gasteiger partial charge < -0.3 is 9.47 Å². The molecule has 0 heterocycles. The molecule has 0 aromatic heterocycles. The SMILES string of the molecule is COC(=O)C[C@H](N=[N+]=[N-])C(=O)OC. The molecule has 72 valence electrons. The van der Waals surface area contributed by atoms with Gasteiger partial charge in [0.1, 0.15) is 6.04 Å². The van der Waals surface area contributed by atoms with E-state index in [4.69, 9.17) is 5.53 Å². The fourth-order valence-corrected chi connectivity index (χ4v) is 0.611. The summed E-state index contributed by atoms with van der Waals surface area (Å²) < 4.78 is 8.59. The molecule has 0 radical (unpaired) electrons. The van der Waals surface area contributed by atoms with Crippen LogP contribution in [-0.2, 0) is 19.1 Å². The highest BCUT2D eigenvalue weighted by atomic mass is 16.5. The molecule has 1 atom stereocenters. The molecule has 13 heavy (non-hydrogen) atoms. The molecule has 0 amide bonds. The molecule has 0 aromatic rings. The van der Waals surface area contributed by atoms with Gasteiger partial charge in [-0.3, -0.25) is 9.59 Å². The van der Waals surface area contributed by atoms with E-state index in [-0.39, 0.29) is 6.42 Å². The summed E-state index contributed by atoms with van der Waals surface area (Å²) in [6, 6.07) is -1.15. The lowest BCUT2D eigenvalue weighted by molar-refractivity contribution is -0.148. The average Bonchev–Trinajstić information content (AvgIpc) is 2.15. The van der Waals surface area contributed by atoms with Crippen LogP contribution in [0, 0.1) is 0 Å². The van der Waals surface area contributed by atoms with E-state index >= 15 is 0 Å². The maximum Gasteiger partial charge on any atom is 0.315 e. The summed E-state index contributed by atoms with van der Waals surface area (Å²) in [6.45, 7) is 0. The van der Waals surface area contributed by atoms with Gasteiger partial charge in [-0.2, -0.15) is 0 Å². The van der Waals surface area contributed by atoms with Crippen LogP contribution in [0.15, 0.2) is 5.11 Å². The quantitative estimate of drug-likeness (QED) is 0.275. The van der Waals surface area contributed by atoms with E-state index in [0.717, 1.165) is 7.11 Å². The molecule has 0 aromatic carbocycles. The first-order chi connectivity index (χ1) is 6.15. The van der Waals surface area contributed by atoms with Gasteiger partial charge in [-0.05, 0) is 5.53 Å². The van der Waals surface area contributed by atoms with Crippen molar-refractivity contribution in [1.82, 2.24) is 0 Å². The van der Waals surface area contributed by atoms with Gasteiger partial charge in [0.15, 0.2) is 0 Å². The number of ether oxygens (including phenoxy) is 2. The summed E-state index contributed by atoms with van der Waals surface area (Å²) in [7, 11) is 2.31. The van der Waals surface area contributed by atoms with E-state index in [0.29, 0.717) is 0 Å². The average molecular weight is 187 g/mol. The molecule has 7 nitrogen and oxygen atoms in total. The fourth-order valence-electron chi connectivity index (χ4n) is 0.611. The van der Waals surface area contributed by atoms with Crippen molar-refractivity contribution in [3.05, 3.63) is 10.4 Å². The van der Waals surface area contributed by atoms with Gasteiger partial charge in [0.25, 0.3) is 0 Å². The number of carbonyl (C=O) groups is 2. The minimum absolute atomic E-state index is 0.312. The van der Waals surface area contributed by atoms with Crippen LogP contribution < -0.4 is 0 Å². The molecule has 0 saturated carbocycles. The number of nitrogens with zero attached hydrogens (tertiary/aromatic N) is 3. The predicted molar refractivity (Wildman–Crippen MR) is 41.6 cm³/mol. The highest BCUT2D eigenvalue weighted by Gasteiger charge is 2.21. The van der Waals surface area contributed by atoms with E-state index in [1.807, 2.05) is 0 Å². The van der Waals surface area contributed by atoms with E-state index in [2.05, 4.69) is 19.5 Å². The third-order valence-corrected chi connectivity index (χ3v) is 1.25. The van der Waals surface area contributed by atoms with Gasteiger partial charge >= 0.3 is 11.9 Å². The highest BCUT2D eigenvalue weighted by Crippen LogP contribution is 2.02. The zero-order chi connectivity index (χ0) is 10.3. The molecule has 0 fully saturated rings. The van der Waals surface area contributed by atoms with Crippen LogP contribution in [0.25, 0.3) is 10.4 Å². The Morgan fingerprint density at radius 1 is 1.46 bits per heavy atom. The van der Waals surface area contributed by atoms with Gasteiger partial charge in [0.05, 0.1) is 20.6 Å². The molecule has 0 unspecified atom stereocenters. The molecule has 0 N–H and O–H groups in total. The first-order valence-electron chi connectivity index (χ1n) is 3.34. The molecule has 0 aliphatic heterocycles. The third-order valence-electron chi connectivity index (χ3n) is 1.25. The number of carbonyl (C=O) groups excluding carboxylic acids is 2. The smallest absolute Gasteiger partial charge is 0.315 e. The third kappa shape index (κ3) is 3.97. The first-order valence-corrected chi connectivity index (χ1v) is 3.34. The van der Waals surface area contributed by atoms with E-state index in [9.17, 15) is 9.59 Å². The Labute approximate surface area is 74.2 Å². The Kier molecular flexibility index (Phi) is 5.06. The molecule has 7 heteroatoms. The Morgan fingerprint density at radius 2 is 2.08 bits per heavy atom. The second kappa shape index (κ2) is 5.84. The Morgan fingerprint density at radius 3 is 2.46 bits per heavy atom. The molecular weight excluding hydrogens is 178 g/mol. The summed E-state index contributed by atoms with van der Waals surface area (Å²) in [5.74, 6) is -1.40. The lowest BCUT2D eigenvalue weighted by Gasteiger charge is -2.05. The van der Waals surface area contributed by atoms with Crippen molar-refractivity contribution in [2.24, 2.45) is 5.11 Å². The molecule has 0 aliphatic rings. The minimum Gasteiger partial charge on any atom is -0.469 e. The van der Waals surface area contributed by atoms with Gasteiger partial charge in [-0.1, -0.05) is 5.11 Å². The number of azide groups is 1. The van der Waals surface area contributed by atoms with Crippen molar-refractivity contribution < 1.29 is 19.1 Å². The summed E-state index contributed by atoms with van der Waals surface area (Å²) in [5.41, 5.74) is 8.07. The van der Waals surface area contributed by atoms with Gasteiger partial charge in [-0.15, -0.1) is 0 Å². The van der Waals surface area contributed by atoms with Crippen LogP contribution in [-0.4, -0.2) is 32.2 Å². The van der Waals surface area contributed by atoms with Crippen molar-refractivity contribution in [2.75, 3.05) is 14.2 Å². The van der Waals surface area contributed by atoms with Crippen molar-refractivity contribution in [3.8, 4) is 0 Å². The van der Waals surface area contributed by atoms with Crippen LogP contribution in [0.2, 0.25) is 0 Å². The maximum absolute atomic E-state index is 10.9. The number of rotatable bonds is 4. The van der Waals surface area contributed by atoms with Crippen molar-refractivity contribution >= 4 is 11.9 Å². The summed E-state index contributed by atoms with van der Waals surface area (Å²) >= 11 is 0. The van der Waals surface area contributed by atoms with Gasteiger partial charge in [-0.25, -0.2) is 0 Å². The number of hydrogen-bond donors (Lipinski definition) is 0. The molecular formula is C6H9N3O4. The molecule has 0 saturated heterocycles. The molecule has 0 rings (SSSR count). The van der Waals surface area contributed by atoms with Crippen LogP contribution >= 0.6 is 0 Å². The largest absolute Gasteiger partial charge is 0.469 e. The van der Waals surface area contributed by atoms with Crippen molar-refractivity contribution in [1.29, 1.82) is 0 Å². The second-order valence-electron chi connectivity index (χ2n) is 2.02. The molecule has 0 aliphatic carbocycles. The molecule has 0 spiro atoms. The van der Waals surface area contributed by atoms with Crippen LogP contribution in [0.4, 0.5) is 0 Å². The van der Waals surface area contributed by atoms with E-state index < -0.39 is 18.0 Å². The van der Waals surface area contributed by atoms with Gasteiger partial charge in [0.2, 0.25) is 0 Å². The van der Waals surface area contributed by atoms with Crippen molar-refractivity contribution in [2.45, 2.75) is 12.5 Å². The molecule has 0 bridgehead atoms. The Hall–Kier alpha value is -1.75. The van der Waals surface area contributed by atoms with Crippen LogP contribution in [0.1, 0.15) is 6.42 Å². The number of hydrogen-bond acceptors (Lipinski definition) is 5. The van der Waals surface area contributed by atoms with E-state index in [1.54, 1.807) is 0 Å². The Balaban J connectivity index is 4.34. The lowest BCUT2D eigenvalue weighted by Crippen LogP contribution is -2.23. The van der Waals surface area contributed by atoms with Crippen LogP contribution in [0.5, 0.6) is 0 Å². The summed E-state index contributed by atoms with van der Waals surface area (Å²) in [6.07, 6.45) is -0.312. The number of esters is 2. The van der Waals surface area contributed by atoms with Gasteiger partial charge in [0, 0.05) is 4.91 Å². The first kappa shape index (κ1) is 11.2. The minimum atomic E-state index is -1.15. The highest BCUT2D eigenvalue weighted by molar-refractivity contribution is 5.82. The summed E-state index contributed by atoms with van der Waals surface area (Å²) in [4.78, 5) is 24.0.